The number of rotatable bonds is 4. The van der Waals surface area contributed by atoms with Gasteiger partial charge in [-0.15, -0.1) is 0 Å². The molecule has 0 fully saturated rings. The van der Waals surface area contributed by atoms with Crippen molar-refractivity contribution >= 4 is 0 Å². The third-order valence-electron chi connectivity index (χ3n) is 2.57. The van der Waals surface area contributed by atoms with Crippen LogP contribution in [0, 0.1) is 6.42 Å². The summed E-state index contributed by atoms with van der Waals surface area (Å²) < 4.78 is 0. The van der Waals surface area contributed by atoms with E-state index >= 15 is 0 Å². The Hall–Kier alpha value is -1.60. The molecule has 2 rings (SSSR count). The molecule has 0 amide bonds. The lowest BCUT2D eigenvalue weighted by Crippen LogP contribution is -1.90. The molecule has 0 unspecified atom stereocenters. The molecule has 0 saturated heterocycles. The Morgan fingerprint density at radius 3 is 2.06 bits per heavy atom. The molecule has 0 aromatic heterocycles. The van der Waals surface area contributed by atoms with Gasteiger partial charge in [0, 0.05) is 6.61 Å². The minimum atomic E-state index is 0.139. The van der Waals surface area contributed by atoms with Gasteiger partial charge in [0.25, 0.3) is 0 Å². The monoisotopic (exact) mass is 211 g/mol. The van der Waals surface area contributed by atoms with Crippen LogP contribution in [0.2, 0.25) is 0 Å². The highest BCUT2D eigenvalue weighted by Gasteiger charge is 1.97. The summed E-state index contributed by atoms with van der Waals surface area (Å²) in [4.78, 5) is 0. The summed E-state index contributed by atoms with van der Waals surface area (Å²) >= 11 is 0. The third kappa shape index (κ3) is 2.71. The van der Waals surface area contributed by atoms with Crippen LogP contribution in [0.25, 0.3) is 11.1 Å². The second-order valence-corrected chi connectivity index (χ2v) is 3.74. The minimum Gasteiger partial charge on any atom is -0.396 e. The molecular formula is C15H15O. The smallest absolute Gasteiger partial charge is 0.0466 e. The number of hydrogen-bond donors (Lipinski definition) is 1. The van der Waals surface area contributed by atoms with Crippen molar-refractivity contribution in [1.29, 1.82) is 0 Å². The zero-order valence-corrected chi connectivity index (χ0v) is 9.13. The molecule has 0 atom stereocenters. The van der Waals surface area contributed by atoms with Crippen LogP contribution >= 0.6 is 0 Å². The fourth-order valence-corrected chi connectivity index (χ4v) is 1.70. The molecule has 1 radical (unpaired) electrons. The Morgan fingerprint density at radius 1 is 0.812 bits per heavy atom. The zero-order chi connectivity index (χ0) is 11.2. The van der Waals surface area contributed by atoms with Gasteiger partial charge >= 0.3 is 0 Å². The van der Waals surface area contributed by atoms with Crippen LogP contribution in [0.3, 0.4) is 0 Å². The van der Waals surface area contributed by atoms with Gasteiger partial charge in [-0.05, 0) is 29.5 Å². The fraction of sp³-hybridized carbons (Fsp3) is 0.133. The van der Waals surface area contributed by atoms with Gasteiger partial charge in [0.15, 0.2) is 0 Å². The average molecular weight is 211 g/mol. The molecule has 0 bridgehead atoms. The van der Waals surface area contributed by atoms with Gasteiger partial charge in [0.05, 0.1) is 0 Å². The van der Waals surface area contributed by atoms with E-state index in [1.54, 1.807) is 0 Å². The highest BCUT2D eigenvalue weighted by molar-refractivity contribution is 5.63. The van der Waals surface area contributed by atoms with Crippen molar-refractivity contribution in [2.45, 2.75) is 6.42 Å². The predicted octanol–water partition coefficient (Wildman–Crippen LogP) is 3.09. The zero-order valence-electron chi connectivity index (χ0n) is 9.13. The van der Waals surface area contributed by atoms with Crippen LogP contribution in [0.4, 0.5) is 0 Å². The highest BCUT2D eigenvalue weighted by atomic mass is 16.2. The van der Waals surface area contributed by atoms with Gasteiger partial charge in [0.2, 0.25) is 0 Å². The van der Waals surface area contributed by atoms with E-state index in [0.717, 1.165) is 6.42 Å². The summed E-state index contributed by atoms with van der Waals surface area (Å²) in [5, 5.41) is 8.70. The molecule has 2 aromatic rings. The highest BCUT2D eigenvalue weighted by Crippen LogP contribution is 2.19. The fourth-order valence-electron chi connectivity index (χ4n) is 1.70. The Kier molecular flexibility index (Phi) is 3.73. The van der Waals surface area contributed by atoms with Gasteiger partial charge in [0.1, 0.15) is 0 Å². The standard InChI is InChI=1S/C15H15O/c16-12-4-5-13-8-10-15(11-9-13)14-6-2-1-3-7-14/h1-4,6-11,16H,5,12H2. The molecule has 0 aliphatic carbocycles. The topological polar surface area (TPSA) is 20.2 Å². The van der Waals surface area contributed by atoms with Crippen LogP contribution in [-0.4, -0.2) is 11.7 Å². The summed E-state index contributed by atoms with van der Waals surface area (Å²) in [6.07, 6.45) is 2.68. The van der Waals surface area contributed by atoms with Crippen molar-refractivity contribution in [2.75, 3.05) is 6.61 Å². The molecular weight excluding hydrogens is 196 g/mol. The maximum atomic E-state index is 8.70. The van der Waals surface area contributed by atoms with Gasteiger partial charge in [-0.2, -0.15) is 0 Å². The second kappa shape index (κ2) is 5.47. The van der Waals surface area contributed by atoms with Crippen LogP contribution < -0.4 is 0 Å². The maximum absolute atomic E-state index is 8.70. The molecule has 0 aliphatic rings. The quantitative estimate of drug-likeness (QED) is 0.824. The maximum Gasteiger partial charge on any atom is 0.0466 e. The van der Waals surface area contributed by atoms with Gasteiger partial charge in [-0.3, -0.25) is 0 Å². The number of aliphatic hydroxyl groups excluding tert-OH is 1. The lowest BCUT2D eigenvalue weighted by Gasteiger charge is -2.03. The van der Waals surface area contributed by atoms with Crippen molar-refractivity contribution in [3.05, 3.63) is 66.6 Å². The normalized spacial score (nSPS) is 10.3. The molecule has 0 saturated carbocycles. The summed E-state index contributed by atoms with van der Waals surface area (Å²) in [5.41, 5.74) is 3.70. The third-order valence-corrected chi connectivity index (χ3v) is 2.57. The van der Waals surface area contributed by atoms with E-state index in [1.807, 2.05) is 24.6 Å². The Morgan fingerprint density at radius 2 is 1.44 bits per heavy atom. The summed E-state index contributed by atoms with van der Waals surface area (Å²) in [5.74, 6) is 0. The summed E-state index contributed by atoms with van der Waals surface area (Å²) in [6.45, 7) is 0.139. The molecule has 0 spiro atoms. The molecule has 0 heterocycles. The predicted molar refractivity (Wildman–Crippen MR) is 67.0 cm³/mol. The first-order valence-electron chi connectivity index (χ1n) is 5.47. The summed E-state index contributed by atoms with van der Waals surface area (Å²) in [7, 11) is 0. The second-order valence-electron chi connectivity index (χ2n) is 3.74. The van der Waals surface area contributed by atoms with Gasteiger partial charge < -0.3 is 5.11 Å². The van der Waals surface area contributed by atoms with Crippen molar-refractivity contribution < 1.29 is 5.11 Å². The van der Waals surface area contributed by atoms with Crippen LogP contribution in [0.1, 0.15) is 5.56 Å². The number of benzene rings is 2. The molecule has 1 heteroatoms. The molecule has 1 nitrogen and oxygen atoms in total. The van der Waals surface area contributed by atoms with E-state index in [2.05, 4.69) is 36.4 Å². The van der Waals surface area contributed by atoms with Crippen molar-refractivity contribution in [1.82, 2.24) is 0 Å². The Balaban J connectivity index is 2.13. The SMILES string of the molecule is OC[CH]Cc1ccc(-c2ccccc2)cc1. The van der Waals surface area contributed by atoms with Gasteiger partial charge in [-0.25, -0.2) is 0 Å². The Bertz CT molecular complexity index is 417. The van der Waals surface area contributed by atoms with E-state index in [1.165, 1.54) is 16.7 Å². The first-order chi connectivity index (χ1) is 7.90. The molecule has 16 heavy (non-hydrogen) atoms. The lowest BCUT2D eigenvalue weighted by atomic mass is 10.0. The van der Waals surface area contributed by atoms with Crippen molar-refractivity contribution in [3.63, 3.8) is 0 Å². The average Bonchev–Trinajstić information content (AvgIpc) is 2.38. The van der Waals surface area contributed by atoms with Crippen molar-refractivity contribution in [2.24, 2.45) is 0 Å². The first-order valence-corrected chi connectivity index (χ1v) is 5.47. The number of hydrogen-bond acceptors (Lipinski definition) is 1. The van der Waals surface area contributed by atoms with Gasteiger partial charge in [-0.1, -0.05) is 54.6 Å². The van der Waals surface area contributed by atoms with E-state index in [9.17, 15) is 0 Å². The van der Waals surface area contributed by atoms with E-state index in [-0.39, 0.29) is 6.61 Å². The molecule has 81 valence electrons. The molecule has 1 N–H and O–H groups in total. The van der Waals surface area contributed by atoms with Crippen LogP contribution in [-0.2, 0) is 6.42 Å². The van der Waals surface area contributed by atoms with Crippen LogP contribution in [0.15, 0.2) is 54.6 Å². The number of aliphatic hydroxyl groups is 1. The Labute approximate surface area is 96.4 Å². The van der Waals surface area contributed by atoms with E-state index < -0.39 is 0 Å². The molecule has 0 aliphatic heterocycles. The van der Waals surface area contributed by atoms with Crippen molar-refractivity contribution in [3.8, 4) is 11.1 Å². The van der Waals surface area contributed by atoms with E-state index in [0.29, 0.717) is 0 Å². The van der Waals surface area contributed by atoms with E-state index in [4.69, 9.17) is 5.11 Å². The molecule has 2 aromatic carbocycles. The first kappa shape index (κ1) is 10.9. The lowest BCUT2D eigenvalue weighted by molar-refractivity contribution is 0.325. The largest absolute Gasteiger partial charge is 0.396 e. The summed E-state index contributed by atoms with van der Waals surface area (Å²) in [6, 6.07) is 18.8. The minimum absolute atomic E-state index is 0.139. The van der Waals surface area contributed by atoms with Crippen LogP contribution in [0.5, 0.6) is 0 Å².